The molecular formula is C22H28FN. The summed E-state index contributed by atoms with van der Waals surface area (Å²) in [5, 5.41) is 0. The van der Waals surface area contributed by atoms with Crippen LogP contribution in [0.25, 0.3) is 11.1 Å². The molecule has 1 heterocycles. The molecule has 0 N–H and O–H groups in total. The third-order valence-electron chi connectivity index (χ3n) is 5.42. The molecule has 1 atom stereocenters. The van der Waals surface area contributed by atoms with Crippen LogP contribution < -0.4 is 0 Å². The van der Waals surface area contributed by atoms with Gasteiger partial charge in [0.05, 0.1) is 0 Å². The second kappa shape index (κ2) is 7.94. The molecule has 1 nitrogen and oxygen atoms in total. The monoisotopic (exact) mass is 325 g/mol. The summed E-state index contributed by atoms with van der Waals surface area (Å²) in [5.74, 6) is 1.28. The van der Waals surface area contributed by atoms with Crippen LogP contribution in [-0.2, 0) is 0 Å². The molecule has 128 valence electrons. The fraction of sp³-hybridized carbons (Fsp3) is 0.455. The van der Waals surface area contributed by atoms with Crippen LogP contribution in [0.15, 0.2) is 48.5 Å². The first kappa shape index (κ1) is 17.2. The topological polar surface area (TPSA) is 3.24 Å². The van der Waals surface area contributed by atoms with E-state index in [2.05, 4.69) is 30.9 Å². The molecule has 0 aliphatic carbocycles. The van der Waals surface area contributed by atoms with Gasteiger partial charge in [-0.2, -0.15) is 0 Å². The highest BCUT2D eigenvalue weighted by Gasteiger charge is 2.16. The molecule has 1 aliphatic rings. The third kappa shape index (κ3) is 4.24. The molecule has 3 rings (SSSR count). The van der Waals surface area contributed by atoms with Crippen LogP contribution in [0.4, 0.5) is 4.39 Å². The lowest BCUT2D eigenvalue weighted by atomic mass is 9.94. The molecule has 2 heteroatoms. The zero-order chi connectivity index (χ0) is 16.9. The maximum atomic E-state index is 13.9. The third-order valence-corrected chi connectivity index (χ3v) is 5.42. The van der Waals surface area contributed by atoms with Crippen LogP contribution in [0.1, 0.15) is 44.6 Å². The number of nitrogens with zero attached hydrogens (tertiary/aromatic N) is 1. The van der Waals surface area contributed by atoms with Crippen LogP contribution in [0.5, 0.6) is 0 Å². The van der Waals surface area contributed by atoms with E-state index in [4.69, 9.17) is 0 Å². The minimum atomic E-state index is -0.155. The predicted molar refractivity (Wildman–Crippen MR) is 99.7 cm³/mol. The van der Waals surface area contributed by atoms with E-state index in [9.17, 15) is 4.39 Å². The summed E-state index contributed by atoms with van der Waals surface area (Å²) in [5.41, 5.74) is 2.98. The molecule has 0 bridgehead atoms. The van der Waals surface area contributed by atoms with E-state index in [1.54, 1.807) is 6.07 Å². The summed E-state index contributed by atoms with van der Waals surface area (Å²) in [7, 11) is 0. The molecular weight excluding hydrogens is 297 g/mol. The summed E-state index contributed by atoms with van der Waals surface area (Å²) in [6.45, 7) is 8.34. The van der Waals surface area contributed by atoms with Crippen molar-refractivity contribution in [2.24, 2.45) is 5.92 Å². The van der Waals surface area contributed by atoms with Crippen LogP contribution in [0.3, 0.4) is 0 Å². The minimum absolute atomic E-state index is 0.155. The van der Waals surface area contributed by atoms with E-state index in [0.29, 0.717) is 11.5 Å². The number of rotatable bonds is 5. The van der Waals surface area contributed by atoms with Gasteiger partial charge in [0.15, 0.2) is 0 Å². The lowest BCUT2D eigenvalue weighted by molar-refractivity contribution is 0.187. The van der Waals surface area contributed by atoms with Gasteiger partial charge >= 0.3 is 0 Å². The van der Waals surface area contributed by atoms with Gasteiger partial charge in [-0.05, 0) is 67.9 Å². The van der Waals surface area contributed by atoms with Gasteiger partial charge in [-0.3, -0.25) is 0 Å². The number of piperidine rings is 1. The highest BCUT2D eigenvalue weighted by molar-refractivity contribution is 5.64. The van der Waals surface area contributed by atoms with E-state index >= 15 is 0 Å². The summed E-state index contributed by atoms with van der Waals surface area (Å²) in [6.07, 6.45) is 3.87. The van der Waals surface area contributed by atoms with Crippen molar-refractivity contribution in [3.8, 4) is 11.1 Å². The number of benzene rings is 2. The van der Waals surface area contributed by atoms with Gasteiger partial charge in [0, 0.05) is 5.56 Å². The Balaban J connectivity index is 1.58. The Morgan fingerprint density at radius 3 is 2.38 bits per heavy atom. The summed E-state index contributed by atoms with van der Waals surface area (Å²) >= 11 is 0. The quantitative estimate of drug-likeness (QED) is 0.680. The molecule has 0 radical (unpaired) electrons. The van der Waals surface area contributed by atoms with Crippen LogP contribution in [0.2, 0.25) is 0 Å². The maximum Gasteiger partial charge on any atom is 0.131 e. The molecule has 0 saturated carbocycles. The normalized spacial score (nSPS) is 17.8. The predicted octanol–water partition coefficient (Wildman–Crippen LogP) is 5.72. The Morgan fingerprint density at radius 2 is 1.71 bits per heavy atom. The lowest BCUT2D eigenvalue weighted by Crippen LogP contribution is -2.34. The van der Waals surface area contributed by atoms with E-state index in [0.717, 1.165) is 11.5 Å². The van der Waals surface area contributed by atoms with Crippen LogP contribution in [-0.4, -0.2) is 24.5 Å². The number of likely N-dealkylation sites (tertiary alicyclic amines) is 1. The molecule has 0 spiro atoms. The Hall–Kier alpha value is -1.67. The lowest BCUT2D eigenvalue weighted by Gasteiger charge is -2.31. The molecule has 2 aromatic carbocycles. The van der Waals surface area contributed by atoms with E-state index in [1.165, 1.54) is 50.5 Å². The smallest absolute Gasteiger partial charge is 0.131 e. The fourth-order valence-corrected chi connectivity index (χ4v) is 3.52. The molecule has 1 unspecified atom stereocenters. The van der Waals surface area contributed by atoms with Crippen molar-refractivity contribution in [1.29, 1.82) is 0 Å². The SMILES string of the molecule is CC1CCN(CCC(C)c2ccc(-c3ccccc3F)cc2)CC1. The largest absolute Gasteiger partial charge is 0.303 e. The van der Waals surface area contributed by atoms with Gasteiger partial charge in [0.2, 0.25) is 0 Å². The zero-order valence-electron chi connectivity index (χ0n) is 14.8. The van der Waals surface area contributed by atoms with Crippen molar-refractivity contribution >= 4 is 0 Å². The van der Waals surface area contributed by atoms with E-state index in [-0.39, 0.29) is 5.82 Å². The second-order valence-electron chi connectivity index (χ2n) is 7.32. The first-order valence-electron chi connectivity index (χ1n) is 9.20. The number of hydrogen-bond acceptors (Lipinski definition) is 1. The standard InChI is InChI=1S/C22H28FN/c1-17-11-14-24(15-12-17)16-13-18(2)19-7-9-20(10-8-19)21-5-3-4-6-22(21)23/h3-10,17-18H,11-16H2,1-2H3. The highest BCUT2D eigenvalue weighted by atomic mass is 19.1. The highest BCUT2D eigenvalue weighted by Crippen LogP contribution is 2.26. The minimum Gasteiger partial charge on any atom is -0.303 e. The van der Waals surface area contributed by atoms with Crippen LogP contribution >= 0.6 is 0 Å². The zero-order valence-corrected chi connectivity index (χ0v) is 14.8. The summed E-state index contributed by atoms with van der Waals surface area (Å²) < 4.78 is 13.9. The van der Waals surface area contributed by atoms with Crippen LogP contribution in [0, 0.1) is 11.7 Å². The van der Waals surface area contributed by atoms with Crippen molar-refractivity contribution in [3.05, 3.63) is 59.9 Å². The molecule has 0 aromatic heterocycles. The molecule has 2 aromatic rings. The van der Waals surface area contributed by atoms with Crippen molar-refractivity contribution in [1.82, 2.24) is 4.90 Å². The Bertz CT molecular complexity index is 641. The first-order valence-corrected chi connectivity index (χ1v) is 9.20. The first-order chi connectivity index (χ1) is 11.6. The molecule has 1 saturated heterocycles. The van der Waals surface area contributed by atoms with Crippen molar-refractivity contribution < 1.29 is 4.39 Å². The van der Waals surface area contributed by atoms with Gasteiger partial charge in [0.1, 0.15) is 5.82 Å². The van der Waals surface area contributed by atoms with Gasteiger partial charge in [-0.25, -0.2) is 4.39 Å². The summed E-state index contributed by atoms with van der Waals surface area (Å²) in [4.78, 5) is 2.60. The number of hydrogen-bond donors (Lipinski definition) is 0. The molecule has 24 heavy (non-hydrogen) atoms. The van der Waals surface area contributed by atoms with E-state index < -0.39 is 0 Å². The van der Waals surface area contributed by atoms with Crippen molar-refractivity contribution in [3.63, 3.8) is 0 Å². The number of halogens is 1. The summed E-state index contributed by atoms with van der Waals surface area (Å²) in [6, 6.07) is 15.4. The molecule has 1 aliphatic heterocycles. The average Bonchev–Trinajstić information content (AvgIpc) is 2.61. The van der Waals surface area contributed by atoms with Gasteiger partial charge in [-0.15, -0.1) is 0 Å². The fourth-order valence-electron chi connectivity index (χ4n) is 3.52. The van der Waals surface area contributed by atoms with Gasteiger partial charge < -0.3 is 4.90 Å². The average molecular weight is 325 g/mol. The van der Waals surface area contributed by atoms with Gasteiger partial charge in [0.25, 0.3) is 0 Å². The second-order valence-corrected chi connectivity index (χ2v) is 7.32. The molecule has 1 fully saturated rings. The molecule has 0 amide bonds. The maximum absolute atomic E-state index is 13.9. The Labute approximate surface area is 145 Å². The Morgan fingerprint density at radius 1 is 1.04 bits per heavy atom. The Kier molecular flexibility index (Phi) is 5.68. The van der Waals surface area contributed by atoms with Crippen molar-refractivity contribution in [2.75, 3.05) is 19.6 Å². The van der Waals surface area contributed by atoms with E-state index in [1.807, 2.05) is 24.3 Å². The van der Waals surface area contributed by atoms with Crippen molar-refractivity contribution in [2.45, 2.75) is 39.0 Å². The van der Waals surface area contributed by atoms with Gasteiger partial charge in [-0.1, -0.05) is 56.3 Å².